The Morgan fingerprint density at radius 2 is 1.92 bits per heavy atom. The van der Waals surface area contributed by atoms with Crippen LogP contribution in [0.2, 0.25) is 0 Å². The van der Waals surface area contributed by atoms with E-state index in [1.165, 1.54) is 12.1 Å². The Labute approximate surface area is 74.6 Å². The molecule has 0 aliphatic rings. The Balaban J connectivity index is 2.15. The second-order valence-electron chi connectivity index (χ2n) is 2.62. The molecule has 0 saturated heterocycles. The van der Waals surface area contributed by atoms with E-state index >= 15 is 0 Å². The van der Waals surface area contributed by atoms with Crippen LogP contribution in [0, 0.1) is 5.82 Å². The Kier molecular flexibility index (Phi) is 1.96. The van der Waals surface area contributed by atoms with Gasteiger partial charge in [-0.3, -0.25) is 5.10 Å². The van der Waals surface area contributed by atoms with Gasteiger partial charge in [0.1, 0.15) is 5.82 Å². The lowest BCUT2D eigenvalue weighted by Crippen LogP contribution is -1.87. The van der Waals surface area contributed by atoms with Crippen LogP contribution in [0.5, 0.6) is 0 Å². The maximum absolute atomic E-state index is 12.5. The highest BCUT2D eigenvalue weighted by molar-refractivity contribution is 5.57. The van der Waals surface area contributed by atoms with Crippen molar-refractivity contribution < 1.29 is 4.39 Å². The van der Waals surface area contributed by atoms with Gasteiger partial charge in [-0.2, -0.15) is 5.10 Å². The molecule has 2 rings (SSSR count). The predicted octanol–water partition coefficient (Wildman–Crippen LogP) is 2.29. The fourth-order valence-electron chi connectivity index (χ4n) is 1.02. The van der Waals surface area contributed by atoms with Gasteiger partial charge in [-0.15, -0.1) is 0 Å². The van der Waals surface area contributed by atoms with E-state index < -0.39 is 0 Å². The van der Waals surface area contributed by atoms with Crippen LogP contribution in [0.3, 0.4) is 0 Å². The summed E-state index contributed by atoms with van der Waals surface area (Å²) in [7, 11) is 0. The molecule has 0 bridgehead atoms. The molecule has 0 radical (unpaired) electrons. The number of halogens is 1. The van der Waals surface area contributed by atoms with E-state index in [1.807, 2.05) is 0 Å². The number of anilines is 2. The summed E-state index contributed by atoms with van der Waals surface area (Å²) in [6, 6.07) is 6.15. The van der Waals surface area contributed by atoms with Crippen LogP contribution in [0.1, 0.15) is 0 Å². The second kappa shape index (κ2) is 3.26. The van der Waals surface area contributed by atoms with Gasteiger partial charge in [-0.05, 0) is 24.3 Å². The minimum absolute atomic E-state index is 0.238. The molecule has 4 heteroatoms. The average molecular weight is 177 g/mol. The molecule has 1 aromatic carbocycles. The zero-order valence-corrected chi connectivity index (χ0v) is 6.79. The molecule has 66 valence electrons. The maximum atomic E-state index is 12.5. The van der Waals surface area contributed by atoms with Gasteiger partial charge in [0.05, 0.1) is 11.9 Å². The van der Waals surface area contributed by atoms with Crippen LogP contribution in [0.4, 0.5) is 15.8 Å². The summed E-state index contributed by atoms with van der Waals surface area (Å²) in [5.41, 5.74) is 1.69. The van der Waals surface area contributed by atoms with E-state index in [0.717, 1.165) is 11.4 Å². The number of hydrogen-bond donors (Lipinski definition) is 2. The number of hydrogen-bond acceptors (Lipinski definition) is 2. The highest BCUT2D eigenvalue weighted by Crippen LogP contribution is 2.14. The zero-order valence-electron chi connectivity index (χ0n) is 6.79. The zero-order chi connectivity index (χ0) is 9.10. The van der Waals surface area contributed by atoms with Crippen molar-refractivity contribution in [2.75, 3.05) is 5.32 Å². The first-order valence-corrected chi connectivity index (χ1v) is 3.86. The van der Waals surface area contributed by atoms with Gasteiger partial charge < -0.3 is 5.32 Å². The van der Waals surface area contributed by atoms with E-state index in [1.54, 1.807) is 24.5 Å². The third-order valence-corrected chi connectivity index (χ3v) is 1.63. The van der Waals surface area contributed by atoms with Crippen molar-refractivity contribution in [1.82, 2.24) is 10.2 Å². The molecule has 1 aromatic heterocycles. The van der Waals surface area contributed by atoms with E-state index in [9.17, 15) is 4.39 Å². The number of aromatic nitrogens is 2. The molecule has 0 aliphatic carbocycles. The van der Waals surface area contributed by atoms with Crippen molar-refractivity contribution in [3.05, 3.63) is 42.5 Å². The van der Waals surface area contributed by atoms with Crippen LogP contribution in [-0.2, 0) is 0 Å². The molecule has 3 nitrogen and oxygen atoms in total. The largest absolute Gasteiger partial charge is 0.353 e. The smallest absolute Gasteiger partial charge is 0.123 e. The van der Waals surface area contributed by atoms with Gasteiger partial charge >= 0.3 is 0 Å². The molecule has 2 aromatic rings. The normalized spacial score (nSPS) is 9.92. The summed E-state index contributed by atoms with van der Waals surface area (Å²) in [5, 5.41) is 9.50. The predicted molar refractivity (Wildman–Crippen MR) is 48.3 cm³/mol. The molecular formula is C9H8FN3. The molecule has 2 N–H and O–H groups in total. The summed E-state index contributed by atoms with van der Waals surface area (Å²) in [6.07, 6.45) is 3.38. The lowest BCUT2D eigenvalue weighted by molar-refractivity contribution is 0.628. The van der Waals surface area contributed by atoms with Crippen molar-refractivity contribution in [1.29, 1.82) is 0 Å². The minimum atomic E-state index is -0.238. The Morgan fingerprint density at radius 1 is 1.15 bits per heavy atom. The lowest BCUT2D eigenvalue weighted by atomic mass is 10.3. The summed E-state index contributed by atoms with van der Waals surface area (Å²) < 4.78 is 12.5. The SMILES string of the molecule is Fc1ccc(Nc2cn[nH]c2)cc1. The number of rotatable bonds is 2. The second-order valence-corrected chi connectivity index (χ2v) is 2.62. The van der Waals surface area contributed by atoms with Gasteiger partial charge in [-0.1, -0.05) is 0 Å². The molecular weight excluding hydrogens is 169 g/mol. The Morgan fingerprint density at radius 3 is 2.54 bits per heavy atom. The van der Waals surface area contributed by atoms with Crippen molar-refractivity contribution in [3.8, 4) is 0 Å². The van der Waals surface area contributed by atoms with Crippen LogP contribution < -0.4 is 5.32 Å². The monoisotopic (exact) mass is 177 g/mol. The van der Waals surface area contributed by atoms with E-state index in [4.69, 9.17) is 0 Å². The van der Waals surface area contributed by atoms with E-state index in [0.29, 0.717) is 0 Å². The topological polar surface area (TPSA) is 40.7 Å². The number of benzene rings is 1. The molecule has 0 amide bonds. The molecule has 0 unspecified atom stereocenters. The average Bonchev–Trinajstić information content (AvgIpc) is 2.62. The van der Waals surface area contributed by atoms with Gasteiger partial charge in [0.2, 0.25) is 0 Å². The summed E-state index contributed by atoms with van der Waals surface area (Å²) in [4.78, 5) is 0. The van der Waals surface area contributed by atoms with Gasteiger partial charge in [0, 0.05) is 11.9 Å². The third kappa shape index (κ3) is 1.84. The Bertz CT molecular complexity index is 366. The number of nitrogens with one attached hydrogen (secondary N) is 2. The summed E-state index contributed by atoms with van der Waals surface area (Å²) >= 11 is 0. The van der Waals surface area contributed by atoms with Crippen molar-refractivity contribution >= 4 is 11.4 Å². The number of aromatic amines is 1. The van der Waals surface area contributed by atoms with Crippen LogP contribution in [0.15, 0.2) is 36.7 Å². The minimum Gasteiger partial charge on any atom is -0.353 e. The Hall–Kier alpha value is -1.84. The summed E-state index contributed by atoms with van der Waals surface area (Å²) in [5.74, 6) is -0.238. The van der Waals surface area contributed by atoms with Crippen molar-refractivity contribution in [3.63, 3.8) is 0 Å². The van der Waals surface area contributed by atoms with Crippen LogP contribution in [0.25, 0.3) is 0 Å². The van der Waals surface area contributed by atoms with E-state index in [-0.39, 0.29) is 5.82 Å². The first kappa shape index (κ1) is 7.79. The van der Waals surface area contributed by atoms with E-state index in [2.05, 4.69) is 15.5 Å². The quantitative estimate of drug-likeness (QED) is 0.738. The lowest BCUT2D eigenvalue weighted by Gasteiger charge is -2.01. The maximum Gasteiger partial charge on any atom is 0.123 e. The molecule has 0 saturated carbocycles. The fourth-order valence-corrected chi connectivity index (χ4v) is 1.02. The molecule has 0 spiro atoms. The van der Waals surface area contributed by atoms with Crippen LogP contribution in [-0.4, -0.2) is 10.2 Å². The summed E-state index contributed by atoms with van der Waals surface area (Å²) in [6.45, 7) is 0. The van der Waals surface area contributed by atoms with Crippen LogP contribution >= 0.6 is 0 Å². The van der Waals surface area contributed by atoms with Gasteiger partial charge in [0.15, 0.2) is 0 Å². The first-order chi connectivity index (χ1) is 6.34. The first-order valence-electron chi connectivity index (χ1n) is 3.86. The standard InChI is InChI=1S/C9H8FN3/c10-7-1-3-8(4-2-7)13-9-5-11-12-6-9/h1-6,13H,(H,11,12). The number of H-pyrrole nitrogens is 1. The number of nitrogens with zero attached hydrogens (tertiary/aromatic N) is 1. The molecule has 0 fully saturated rings. The highest BCUT2D eigenvalue weighted by atomic mass is 19.1. The van der Waals surface area contributed by atoms with Gasteiger partial charge in [0.25, 0.3) is 0 Å². The highest BCUT2D eigenvalue weighted by Gasteiger charge is 1.94. The molecule has 13 heavy (non-hydrogen) atoms. The van der Waals surface area contributed by atoms with Crippen molar-refractivity contribution in [2.45, 2.75) is 0 Å². The molecule has 1 heterocycles. The fraction of sp³-hybridized carbons (Fsp3) is 0. The molecule has 0 atom stereocenters. The third-order valence-electron chi connectivity index (χ3n) is 1.63. The van der Waals surface area contributed by atoms with Crippen molar-refractivity contribution in [2.24, 2.45) is 0 Å². The molecule has 0 aliphatic heterocycles. The van der Waals surface area contributed by atoms with Gasteiger partial charge in [-0.25, -0.2) is 4.39 Å².